The summed E-state index contributed by atoms with van der Waals surface area (Å²) in [5, 5.41) is 0. The predicted molar refractivity (Wildman–Crippen MR) is 92.1 cm³/mol. The van der Waals surface area contributed by atoms with E-state index in [-0.39, 0.29) is 5.41 Å². The van der Waals surface area contributed by atoms with Gasteiger partial charge in [0, 0.05) is 63.7 Å². The lowest BCUT2D eigenvalue weighted by molar-refractivity contribution is 0.0483. The molecular weight excluding hydrogens is 304 g/mol. The zero-order chi connectivity index (χ0) is 16.2. The van der Waals surface area contributed by atoms with Crippen LogP contribution in [0.2, 0.25) is 0 Å². The van der Waals surface area contributed by atoms with Crippen LogP contribution in [-0.2, 0) is 9.47 Å². The van der Waals surface area contributed by atoms with Crippen molar-refractivity contribution in [3.8, 4) is 0 Å². The molecule has 0 unspecified atom stereocenters. The second-order valence-electron chi connectivity index (χ2n) is 7.56. The maximum atomic E-state index is 6.00. The van der Waals surface area contributed by atoms with Crippen molar-refractivity contribution in [2.45, 2.75) is 19.3 Å². The molecule has 0 bridgehead atoms. The van der Waals surface area contributed by atoms with Crippen LogP contribution in [0.4, 0.5) is 5.95 Å². The quantitative estimate of drug-likeness (QED) is 0.835. The highest BCUT2D eigenvalue weighted by atomic mass is 16.5. The summed E-state index contributed by atoms with van der Waals surface area (Å²) < 4.78 is 11.5. The van der Waals surface area contributed by atoms with Crippen molar-refractivity contribution in [1.82, 2.24) is 14.9 Å². The maximum absolute atomic E-state index is 6.00. The van der Waals surface area contributed by atoms with Gasteiger partial charge in [0.2, 0.25) is 5.95 Å². The Hall–Kier alpha value is -1.24. The highest BCUT2D eigenvalue weighted by Gasteiger charge is 2.42. The Bertz CT molecular complexity index is 523. The van der Waals surface area contributed by atoms with E-state index in [2.05, 4.69) is 19.8 Å². The van der Waals surface area contributed by atoms with E-state index in [1.807, 2.05) is 18.5 Å². The molecule has 1 atom stereocenters. The SMILES string of the molecule is c1cnc(N2CC[C@@]3(COCCN(CC4CCOCC4)C3)C2)nc1. The lowest BCUT2D eigenvalue weighted by Gasteiger charge is -2.34. The Morgan fingerprint density at radius 1 is 1.04 bits per heavy atom. The van der Waals surface area contributed by atoms with Crippen LogP contribution >= 0.6 is 0 Å². The van der Waals surface area contributed by atoms with Gasteiger partial charge in [-0.2, -0.15) is 0 Å². The average molecular weight is 332 g/mol. The molecule has 6 heteroatoms. The van der Waals surface area contributed by atoms with Crippen LogP contribution in [0, 0.1) is 11.3 Å². The molecule has 6 nitrogen and oxygen atoms in total. The molecule has 1 spiro atoms. The number of rotatable bonds is 3. The number of nitrogens with zero attached hydrogens (tertiary/aromatic N) is 4. The third-order valence-corrected chi connectivity index (χ3v) is 5.65. The Balaban J connectivity index is 1.40. The van der Waals surface area contributed by atoms with E-state index in [0.717, 1.165) is 70.9 Å². The van der Waals surface area contributed by atoms with E-state index >= 15 is 0 Å². The zero-order valence-electron chi connectivity index (χ0n) is 14.4. The van der Waals surface area contributed by atoms with Crippen molar-refractivity contribution < 1.29 is 9.47 Å². The van der Waals surface area contributed by atoms with Gasteiger partial charge in [-0.25, -0.2) is 9.97 Å². The summed E-state index contributed by atoms with van der Waals surface area (Å²) in [6, 6.07) is 1.87. The molecule has 0 aliphatic carbocycles. The van der Waals surface area contributed by atoms with Gasteiger partial charge in [-0.1, -0.05) is 0 Å². The Morgan fingerprint density at radius 2 is 1.88 bits per heavy atom. The van der Waals surface area contributed by atoms with E-state index < -0.39 is 0 Å². The van der Waals surface area contributed by atoms with Crippen molar-refractivity contribution in [2.75, 3.05) is 64.1 Å². The van der Waals surface area contributed by atoms with Gasteiger partial charge >= 0.3 is 0 Å². The standard InChI is InChI=1S/C18H28N4O2/c1-5-19-17(20-6-1)22-7-4-18(14-22)13-21(8-11-24-15-18)12-16-2-9-23-10-3-16/h1,5-6,16H,2-4,7-15H2/t18-/m0/s1. The summed E-state index contributed by atoms with van der Waals surface area (Å²) in [5.41, 5.74) is 0.223. The first-order valence-electron chi connectivity index (χ1n) is 9.23. The normalized spacial score (nSPS) is 29.9. The molecule has 0 radical (unpaired) electrons. The van der Waals surface area contributed by atoms with Gasteiger partial charge in [-0.3, -0.25) is 0 Å². The van der Waals surface area contributed by atoms with Crippen LogP contribution in [0.5, 0.6) is 0 Å². The third kappa shape index (κ3) is 3.71. The number of hydrogen-bond donors (Lipinski definition) is 0. The van der Waals surface area contributed by atoms with Crippen molar-refractivity contribution in [3.63, 3.8) is 0 Å². The number of aromatic nitrogens is 2. The lowest BCUT2D eigenvalue weighted by atomic mass is 9.87. The highest BCUT2D eigenvalue weighted by Crippen LogP contribution is 2.35. The lowest BCUT2D eigenvalue weighted by Crippen LogP contribution is -2.43. The second-order valence-corrected chi connectivity index (χ2v) is 7.56. The Kier molecular flexibility index (Phi) is 4.96. The minimum Gasteiger partial charge on any atom is -0.381 e. The van der Waals surface area contributed by atoms with E-state index in [9.17, 15) is 0 Å². The van der Waals surface area contributed by atoms with Gasteiger partial charge < -0.3 is 19.3 Å². The summed E-state index contributed by atoms with van der Waals surface area (Å²) in [4.78, 5) is 13.8. The summed E-state index contributed by atoms with van der Waals surface area (Å²) in [6.07, 6.45) is 7.22. The van der Waals surface area contributed by atoms with Crippen molar-refractivity contribution in [1.29, 1.82) is 0 Å². The molecule has 0 aromatic carbocycles. The molecule has 4 rings (SSSR count). The molecule has 3 fully saturated rings. The smallest absolute Gasteiger partial charge is 0.225 e. The van der Waals surface area contributed by atoms with Crippen LogP contribution < -0.4 is 4.90 Å². The highest BCUT2D eigenvalue weighted by molar-refractivity contribution is 5.32. The van der Waals surface area contributed by atoms with Crippen LogP contribution in [0.3, 0.4) is 0 Å². The Labute approximate surface area is 144 Å². The minimum atomic E-state index is 0.223. The molecule has 1 aromatic rings. The third-order valence-electron chi connectivity index (χ3n) is 5.65. The van der Waals surface area contributed by atoms with Gasteiger partial charge in [-0.05, 0) is 31.2 Å². The second kappa shape index (κ2) is 7.33. The van der Waals surface area contributed by atoms with Gasteiger partial charge in [-0.15, -0.1) is 0 Å². The van der Waals surface area contributed by atoms with Crippen LogP contribution in [-0.4, -0.2) is 74.0 Å². The predicted octanol–water partition coefficient (Wildman–Crippen LogP) is 1.43. The summed E-state index contributed by atoms with van der Waals surface area (Å²) in [6.45, 7) is 8.98. The number of anilines is 1. The number of ether oxygens (including phenoxy) is 2. The van der Waals surface area contributed by atoms with Gasteiger partial charge in [0.25, 0.3) is 0 Å². The van der Waals surface area contributed by atoms with Crippen molar-refractivity contribution in [3.05, 3.63) is 18.5 Å². The monoisotopic (exact) mass is 332 g/mol. The molecule has 1 aromatic heterocycles. The molecule has 132 valence electrons. The van der Waals surface area contributed by atoms with Crippen molar-refractivity contribution >= 4 is 5.95 Å². The molecule has 3 saturated heterocycles. The van der Waals surface area contributed by atoms with Crippen LogP contribution in [0.25, 0.3) is 0 Å². The molecule has 3 aliphatic rings. The fraction of sp³-hybridized carbons (Fsp3) is 0.778. The topological polar surface area (TPSA) is 50.7 Å². The Morgan fingerprint density at radius 3 is 2.71 bits per heavy atom. The van der Waals surface area contributed by atoms with Crippen LogP contribution in [0.15, 0.2) is 18.5 Å². The van der Waals surface area contributed by atoms with Crippen molar-refractivity contribution in [2.24, 2.45) is 11.3 Å². The number of hydrogen-bond acceptors (Lipinski definition) is 6. The van der Waals surface area contributed by atoms with E-state index in [4.69, 9.17) is 9.47 Å². The molecule has 3 aliphatic heterocycles. The van der Waals surface area contributed by atoms with E-state index in [1.165, 1.54) is 19.4 Å². The maximum Gasteiger partial charge on any atom is 0.225 e. The van der Waals surface area contributed by atoms with E-state index in [0.29, 0.717) is 0 Å². The first kappa shape index (κ1) is 16.2. The van der Waals surface area contributed by atoms with Crippen LogP contribution in [0.1, 0.15) is 19.3 Å². The van der Waals surface area contributed by atoms with Gasteiger partial charge in [0.15, 0.2) is 0 Å². The molecule has 0 saturated carbocycles. The molecule has 4 heterocycles. The zero-order valence-corrected chi connectivity index (χ0v) is 14.4. The average Bonchev–Trinajstić information content (AvgIpc) is 2.94. The minimum absolute atomic E-state index is 0.223. The summed E-state index contributed by atoms with van der Waals surface area (Å²) in [7, 11) is 0. The first-order valence-corrected chi connectivity index (χ1v) is 9.23. The largest absolute Gasteiger partial charge is 0.381 e. The molecule has 0 N–H and O–H groups in total. The fourth-order valence-corrected chi connectivity index (χ4v) is 4.34. The van der Waals surface area contributed by atoms with Gasteiger partial charge in [0.05, 0.1) is 13.2 Å². The molecule has 0 amide bonds. The molecular formula is C18H28N4O2. The van der Waals surface area contributed by atoms with Gasteiger partial charge in [0.1, 0.15) is 0 Å². The summed E-state index contributed by atoms with van der Waals surface area (Å²) in [5.74, 6) is 1.64. The molecule has 24 heavy (non-hydrogen) atoms. The van der Waals surface area contributed by atoms with E-state index in [1.54, 1.807) is 0 Å². The fourth-order valence-electron chi connectivity index (χ4n) is 4.34. The summed E-state index contributed by atoms with van der Waals surface area (Å²) >= 11 is 0. The first-order chi connectivity index (χ1) is 11.8.